The third-order valence-corrected chi connectivity index (χ3v) is 6.77. The molecule has 1 spiro atoms. The van der Waals surface area contributed by atoms with E-state index in [-0.39, 0.29) is 4.75 Å². The standard InChI is InChI=1S/C15H23NS/c16-12-15(17-13-6-2-3-7-13)10-14(11-15)8-4-1-5-9-14/h13H,1-11H2. The second-order valence-corrected chi connectivity index (χ2v) is 8.23. The number of hydrogen-bond acceptors (Lipinski definition) is 2. The van der Waals surface area contributed by atoms with E-state index in [2.05, 4.69) is 6.07 Å². The van der Waals surface area contributed by atoms with Crippen molar-refractivity contribution in [3.8, 4) is 6.07 Å². The molecule has 0 saturated heterocycles. The van der Waals surface area contributed by atoms with Gasteiger partial charge in [0.15, 0.2) is 0 Å². The molecule has 2 heteroatoms. The maximum Gasteiger partial charge on any atom is 0.104 e. The van der Waals surface area contributed by atoms with Crippen molar-refractivity contribution >= 4 is 11.8 Å². The molecule has 0 aliphatic heterocycles. The van der Waals surface area contributed by atoms with Crippen LogP contribution in [0.25, 0.3) is 0 Å². The lowest BCUT2D eigenvalue weighted by Crippen LogP contribution is -2.50. The molecule has 3 saturated carbocycles. The number of nitriles is 1. The molecule has 94 valence electrons. The number of nitrogens with zero attached hydrogens (tertiary/aromatic N) is 1. The predicted octanol–water partition coefficient (Wildman–Crippen LogP) is 4.67. The topological polar surface area (TPSA) is 23.8 Å². The lowest BCUT2D eigenvalue weighted by molar-refractivity contribution is 0.0590. The molecule has 0 atom stereocenters. The molecule has 3 aliphatic rings. The van der Waals surface area contributed by atoms with Gasteiger partial charge in [-0.3, -0.25) is 0 Å². The number of thioether (sulfide) groups is 1. The van der Waals surface area contributed by atoms with Crippen molar-refractivity contribution in [3.63, 3.8) is 0 Å². The summed E-state index contributed by atoms with van der Waals surface area (Å²) in [6.07, 6.45) is 15.0. The Balaban J connectivity index is 1.60. The van der Waals surface area contributed by atoms with E-state index in [1.54, 1.807) is 0 Å². The van der Waals surface area contributed by atoms with Crippen LogP contribution < -0.4 is 0 Å². The lowest BCUT2D eigenvalue weighted by atomic mass is 9.56. The largest absolute Gasteiger partial charge is 0.197 e. The Bertz CT molecular complexity index is 310. The Morgan fingerprint density at radius 3 is 2.18 bits per heavy atom. The van der Waals surface area contributed by atoms with Crippen LogP contribution in [0, 0.1) is 16.7 Å². The highest BCUT2D eigenvalue weighted by atomic mass is 32.2. The summed E-state index contributed by atoms with van der Waals surface area (Å²) in [5.74, 6) is 0. The van der Waals surface area contributed by atoms with Crippen LogP contribution in [-0.2, 0) is 0 Å². The van der Waals surface area contributed by atoms with Crippen LogP contribution in [0.2, 0.25) is 0 Å². The number of hydrogen-bond donors (Lipinski definition) is 0. The van der Waals surface area contributed by atoms with Gasteiger partial charge in [0, 0.05) is 5.25 Å². The van der Waals surface area contributed by atoms with Crippen LogP contribution in [0.3, 0.4) is 0 Å². The first-order valence-electron chi connectivity index (χ1n) is 7.35. The van der Waals surface area contributed by atoms with Gasteiger partial charge in [0.1, 0.15) is 4.75 Å². The predicted molar refractivity (Wildman–Crippen MR) is 72.9 cm³/mol. The SMILES string of the molecule is N#CC1(SC2CCCC2)CC2(CCCCC2)C1. The van der Waals surface area contributed by atoms with E-state index in [1.165, 1.54) is 70.6 Å². The molecule has 0 bridgehead atoms. The van der Waals surface area contributed by atoms with E-state index in [0.717, 1.165) is 5.25 Å². The third-order valence-electron chi connectivity index (χ3n) is 5.13. The minimum atomic E-state index is 0.0202. The zero-order valence-electron chi connectivity index (χ0n) is 10.7. The van der Waals surface area contributed by atoms with Crippen molar-refractivity contribution in [2.45, 2.75) is 80.6 Å². The molecule has 0 amide bonds. The normalized spacial score (nSPS) is 31.0. The molecule has 3 rings (SSSR count). The molecule has 0 unspecified atom stereocenters. The zero-order chi connectivity index (χ0) is 11.8. The van der Waals surface area contributed by atoms with E-state index in [9.17, 15) is 5.26 Å². The van der Waals surface area contributed by atoms with Gasteiger partial charge >= 0.3 is 0 Å². The summed E-state index contributed by atoms with van der Waals surface area (Å²) in [6, 6.07) is 2.68. The molecule has 0 aromatic heterocycles. The minimum Gasteiger partial charge on any atom is -0.197 e. The summed E-state index contributed by atoms with van der Waals surface area (Å²) in [5, 5.41) is 10.3. The van der Waals surface area contributed by atoms with Gasteiger partial charge in [0.2, 0.25) is 0 Å². The van der Waals surface area contributed by atoms with Gasteiger partial charge in [0.05, 0.1) is 6.07 Å². The molecule has 17 heavy (non-hydrogen) atoms. The summed E-state index contributed by atoms with van der Waals surface area (Å²) in [5.41, 5.74) is 0.597. The summed E-state index contributed by atoms with van der Waals surface area (Å²) >= 11 is 2.05. The van der Waals surface area contributed by atoms with Crippen molar-refractivity contribution in [2.24, 2.45) is 5.41 Å². The lowest BCUT2D eigenvalue weighted by Gasteiger charge is -2.55. The average Bonchev–Trinajstić information content (AvgIpc) is 2.81. The second kappa shape index (κ2) is 4.50. The first-order valence-corrected chi connectivity index (χ1v) is 8.23. The smallest absolute Gasteiger partial charge is 0.104 e. The van der Waals surface area contributed by atoms with Gasteiger partial charge in [-0.05, 0) is 43.9 Å². The molecular weight excluding hydrogens is 226 g/mol. The Labute approximate surface area is 109 Å². The number of rotatable bonds is 2. The van der Waals surface area contributed by atoms with Crippen LogP contribution in [0.1, 0.15) is 70.6 Å². The molecule has 3 aliphatic carbocycles. The zero-order valence-corrected chi connectivity index (χ0v) is 11.5. The van der Waals surface area contributed by atoms with E-state index in [4.69, 9.17) is 0 Å². The van der Waals surface area contributed by atoms with E-state index in [1.807, 2.05) is 11.8 Å². The first-order chi connectivity index (χ1) is 8.26. The molecule has 0 N–H and O–H groups in total. The van der Waals surface area contributed by atoms with Crippen molar-refractivity contribution in [2.75, 3.05) is 0 Å². The molecule has 0 aromatic rings. The fraction of sp³-hybridized carbons (Fsp3) is 0.933. The highest BCUT2D eigenvalue weighted by molar-refractivity contribution is 8.01. The van der Waals surface area contributed by atoms with Crippen LogP contribution in [0.4, 0.5) is 0 Å². The van der Waals surface area contributed by atoms with Crippen molar-refractivity contribution < 1.29 is 0 Å². The summed E-state index contributed by atoms with van der Waals surface area (Å²) in [6.45, 7) is 0. The molecule has 3 fully saturated rings. The monoisotopic (exact) mass is 249 g/mol. The highest BCUT2D eigenvalue weighted by Crippen LogP contribution is 2.63. The average molecular weight is 249 g/mol. The van der Waals surface area contributed by atoms with Crippen LogP contribution >= 0.6 is 11.8 Å². The minimum absolute atomic E-state index is 0.0202. The molecule has 1 nitrogen and oxygen atoms in total. The summed E-state index contributed by atoms with van der Waals surface area (Å²) < 4.78 is 0.0202. The second-order valence-electron chi connectivity index (χ2n) is 6.54. The maximum absolute atomic E-state index is 9.54. The van der Waals surface area contributed by atoms with E-state index in [0.29, 0.717) is 5.41 Å². The first kappa shape index (κ1) is 11.9. The third kappa shape index (κ3) is 2.24. The Morgan fingerprint density at radius 1 is 0.941 bits per heavy atom. The van der Waals surface area contributed by atoms with Crippen LogP contribution in [0.15, 0.2) is 0 Å². The van der Waals surface area contributed by atoms with Gasteiger partial charge in [-0.25, -0.2) is 0 Å². The van der Waals surface area contributed by atoms with Gasteiger partial charge < -0.3 is 0 Å². The van der Waals surface area contributed by atoms with Crippen molar-refractivity contribution in [1.29, 1.82) is 5.26 Å². The Morgan fingerprint density at radius 2 is 1.59 bits per heavy atom. The molecule has 0 heterocycles. The fourth-order valence-electron chi connectivity index (χ4n) is 4.33. The van der Waals surface area contributed by atoms with Gasteiger partial charge in [-0.15, -0.1) is 11.8 Å². The van der Waals surface area contributed by atoms with Crippen LogP contribution in [-0.4, -0.2) is 10.00 Å². The van der Waals surface area contributed by atoms with Crippen LogP contribution in [0.5, 0.6) is 0 Å². The summed E-state index contributed by atoms with van der Waals surface area (Å²) in [4.78, 5) is 0. The maximum atomic E-state index is 9.54. The fourth-order valence-corrected chi connectivity index (χ4v) is 6.37. The molecule has 0 radical (unpaired) electrons. The Hall–Kier alpha value is -0.160. The van der Waals surface area contributed by atoms with E-state index < -0.39 is 0 Å². The summed E-state index contributed by atoms with van der Waals surface area (Å²) in [7, 11) is 0. The van der Waals surface area contributed by atoms with E-state index >= 15 is 0 Å². The van der Waals surface area contributed by atoms with Crippen molar-refractivity contribution in [3.05, 3.63) is 0 Å². The Kier molecular flexibility index (Phi) is 3.15. The van der Waals surface area contributed by atoms with Gasteiger partial charge in [0.25, 0.3) is 0 Å². The highest BCUT2D eigenvalue weighted by Gasteiger charge is 2.55. The molecular formula is C15H23NS. The quantitative estimate of drug-likeness (QED) is 0.710. The molecule has 0 aromatic carbocycles. The van der Waals surface area contributed by atoms with Gasteiger partial charge in [-0.2, -0.15) is 5.26 Å². The van der Waals surface area contributed by atoms with Gasteiger partial charge in [-0.1, -0.05) is 32.1 Å². The van der Waals surface area contributed by atoms with Crippen molar-refractivity contribution in [1.82, 2.24) is 0 Å².